The van der Waals surface area contributed by atoms with Gasteiger partial charge in [0.2, 0.25) is 0 Å². The van der Waals surface area contributed by atoms with E-state index in [-0.39, 0.29) is 5.92 Å². The number of anilines is 1. The van der Waals surface area contributed by atoms with Crippen LogP contribution in [0.5, 0.6) is 0 Å². The van der Waals surface area contributed by atoms with Crippen LogP contribution in [0.4, 0.5) is 5.69 Å². The lowest BCUT2D eigenvalue weighted by Crippen LogP contribution is -2.24. The minimum Gasteiger partial charge on any atom is -0.385 e. The standard InChI is InChI=1S/C17H25NO/c1-12(2)10-13(3)11-17(19)15-8-9-18-16-7-5-4-6-14(15)16/h4-7,12-13,15,18H,8-11H2,1-3H3. The van der Waals surface area contributed by atoms with Gasteiger partial charge in [-0.15, -0.1) is 0 Å². The summed E-state index contributed by atoms with van der Waals surface area (Å²) in [6.45, 7) is 7.55. The number of nitrogens with one attached hydrogen (secondary N) is 1. The van der Waals surface area contributed by atoms with E-state index in [1.807, 2.05) is 12.1 Å². The quantitative estimate of drug-likeness (QED) is 0.857. The normalized spacial score (nSPS) is 19.7. The van der Waals surface area contributed by atoms with Crippen molar-refractivity contribution in [1.29, 1.82) is 0 Å². The zero-order valence-electron chi connectivity index (χ0n) is 12.3. The highest BCUT2D eigenvalue weighted by Crippen LogP contribution is 2.33. The molecule has 104 valence electrons. The highest BCUT2D eigenvalue weighted by Gasteiger charge is 2.26. The van der Waals surface area contributed by atoms with Gasteiger partial charge in [-0.25, -0.2) is 0 Å². The first-order chi connectivity index (χ1) is 9.08. The van der Waals surface area contributed by atoms with Crippen molar-refractivity contribution in [3.8, 4) is 0 Å². The molecule has 1 aromatic rings. The zero-order valence-corrected chi connectivity index (χ0v) is 12.3. The number of fused-ring (bicyclic) bond motifs is 1. The Morgan fingerprint density at radius 3 is 2.79 bits per heavy atom. The Kier molecular flexibility index (Phi) is 4.62. The fraction of sp³-hybridized carbons (Fsp3) is 0.588. The summed E-state index contributed by atoms with van der Waals surface area (Å²) in [4.78, 5) is 12.5. The summed E-state index contributed by atoms with van der Waals surface area (Å²) in [5, 5.41) is 3.38. The van der Waals surface area contributed by atoms with E-state index in [9.17, 15) is 4.79 Å². The molecule has 0 fully saturated rings. The van der Waals surface area contributed by atoms with Crippen molar-refractivity contribution < 1.29 is 4.79 Å². The predicted octanol–water partition coefficient (Wildman–Crippen LogP) is 4.23. The smallest absolute Gasteiger partial charge is 0.140 e. The van der Waals surface area contributed by atoms with Crippen molar-refractivity contribution in [2.24, 2.45) is 11.8 Å². The minimum atomic E-state index is 0.104. The van der Waals surface area contributed by atoms with Gasteiger partial charge in [0, 0.05) is 24.6 Å². The molecule has 2 rings (SSSR count). The van der Waals surface area contributed by atoms with Crippen LogP contribution in [0.25, 0.3) is 0 Å². The molecule has 0 aliphatic carbocycles. The van der Waals surface area contributed by atoms with Crippen LogP contribution in [0, 0.1) is 11.8 Å². The van der Waals surface area contributed by atoms with Crippen LogP contribution < -0.4 is 5.32 Å². The van der Waals surface area contributed by atoms with Gasteiger partial charge in [0.25, 0.3) is 0 Å². The van der Waals surface area contributed by atoms with E-state index in [0.29, 0.717) is 17.6 Å². The van der Waals surface area contributed by atoms with Crippen LogP contribution in [0.3, 0.4) is 0 Å². The second-order valence-electron chi connectivity index (χ2n) is 6.26. The molecule has 0 radical (unpaired) electrons. The van der Waals surface area contributed by atoms with Crippen LogP contribution in [0.1, 0.15) is 51.5 Å². The van der Waals surface area contributed by atoms with Crippen LogP contribution in [-0.2, 0) is 4.79 Å². The molecule has 0 aromatic heterocycles. The number of hydrogen-bond acceptors (Lipinski definition) is 2. The van der Waals surface area contributed by atoms with Gasteiger partial charge >= 0.3 is 0 Å². The summed E-state index contributed by atoms with van der Waals surface area (Å²) >= 11 is 0. The van der Waals surface area contributed by atoms with Gasteiger partial charge < -0.3 is 5.32 Å². The number of hydrogen-bond donors (Lipinski definition) is 1. The fourth-order valence-electron chi connectivity index (χ4n) is 3.18. The molecule has 1 aliphatic rings. The number of rotatable bonds is 5. The van der Waals surface area contributed by atoms with E-state index < -0.39 is 0 Å². The minimum absolute atomic E-state index is 0.104. The molecule has 0 saturated carbocycles. The molecule has 2 atom stereocenters. The van der Waals surface area contributed by atoms with Crippen LogP contribution in [0.2, 0.25) is 0 Å². The molecule has 0 saturated heterocycles. The molecular formula is C17H25NO. The van der Waals surface area contributed by atoms with E-state index >= 15 is 0 Å². The van der Waals surface area contributed by atoms with Gasteiger partial charge in [-0.3, -0.25) is 4.79 Å². The van der Waals surface area contributed by atoms with Crippen molar-refractivity contribution >= 4 is 11.5 Å². The van der Waals surface area contributed by atoms with Crippen LogP contribution in [-0.4, -0.2) is 12.3 Å². The Morgan fingerprint density at radius 1 is 1.32 bits per heavy atom. The Morgan fingerprint density at radius 2 is 2.05 bits per heavy atom. The summed E-state index contributed by atoms with van der Waals surface area (Å²) < 4.78 is 0. The average molecular weight is 259 g/mol. The van der Waals surface area contributed by atoms with Crippen molar-refractivity contribution in [1.82, 2.24) is 0 Å². The summed E-state index contributed by atoms with van der Waals surface area (Å²) in [7, 11) is 0. The maximum absolute atomic E-state index is 12.5. The highest BCUT2D eigenvalue weighted by atomic mass is 16.1. The zero-order chi connectivity index (χ0) is 13.8. The van der Waals surface area contributed by atoms with Gasteiger partial charge in [-0.05, 0) is 36.3 Å². The lowest BCUT2D eigenvalue weighted by atomic mass is 9.83. The lowest BCUT2D eigenvalue weighted by Gasteiger charge is -2.26. The van der Waals surface area contributed by atoms with E-state index in [1.165, 1.54) is 5.56 Å². The topological polar surface area (TPSA) is 29.1 Å². The molecule has 2 nitrogen and oxygen atoms in total. The fourth-order valence-corrected chi connectivity index (χ4v) is 3.18. The molecule has 1 aliphatic heterocycles. The number of ketones is 1. The Balaban J connectivity index is 2.04. The third-order valence-corrected chi connectivity index (χ3v) is 3.90. The first kappa shape index (κ1) is 14.1. The second-order valence-corrected chi connectivity index (χ2v) is 6.26. The Labute approximate surface area is 116 Å². The highest BCUT2D eigenvalue weighted by molar-refractivity contribution is 5.88. The first-order valence-electron chi connectivity index (χ1n) is 7.43. The van der Waals surface area contributed by atoms with E-state index in [2.05, 4.69) is 38.2 Å². The van der Waals surface area contributed by atoms with Crippen molar-refractivity contribution in [2.75, 3.05) is 11.9 Å². The summed E-state index contributed by atoms with van der Waals surface area (Å²) in [6, 6.07) is 8.23. The largest absolute Gasteiger partial charge is 0.385 e. The summed E-state index contributed by atoms with van der Waals surface area (Å²) in [5.41, 5.74) is 2.33. The lowest BCUT2D eigenvalue weighted by molar-refractivity contribution is -0.121. The molecule has 1 heterocycles. The SMILES string of the molecule is CC(C)CC(C)CC(=O)C1CCNc2ccccc21. The average Bonchev–Trinajstić information content (AvgIpc) is 2.36. The number of benzene rings is 1. The molecule has 19 heavy (non-hydrogen) atoms. The molecule has 1 N–H and O–H groups in total. The predicted molar refractivity (Wildman–Crippen MR) is 80.5 cm³/mol. The van der Waals surface area contributed by atoms with E-state index in [1.54, 1.807) is 0 Å². The first-order valence-corrected chi connectivity index (χ1v) is 7.43. The van der Waals surface area contributed by atoms with Crippen LogP contribution >= 0.6 is 0 Å². The summed E-state index contributed by atoms with van der Waals surface area (Å²) in [5.74, 6) is 1.69. The molecule has 0 bridgehead atoms. The maximum Gasteiger partial charge on any atom is 0.140 e. The van der Waals surface area contributed by atoms with Gasteiger partial charge in [0.15, 0.2) is 0 Å². The van der Waals surface area contributed by atoms with E-state index in [0.717, 1.165) is 31.5 Å². The molecule has 0 spiro atoms. The molecule has 0 amide bonds. The number of carbonyl (C=O) groups is 1. The number of Topliss-reactive ketones (excluding diaryl/α,β-unsaturated/α-hetero) is 1. The number of carbonyl (C=O) groups excluding carboxylic acids is 1. The molecule has 1 aromatic carbocycles. The molecule has 2 heteroatoms. The van der Waals surface area contributed by atoms with Gasteiger partial charge in [0.1, 0.15) is 5.78 Å². The van der Waals surface area contributed by atoms with E-state index in [4.69, 9.17) is 0 Å². The third-order valence-electron chi connectivity index (χ3n) is 3.90. The van der Waals surface area contributed by atoms with Crippen LogP contribution in [0.15, 0.2) is 24.3 Å². The van der Waals surface area contributed by atoms with Crippen molar-refractivity contribution in [3.05, 3.63) is 29.8 Å². The van der Waals surface area contributed by atoms with Gasteiger partial charge in [-0.1, -0.05) is 39.0 Å². The molecule has 2 unspecified atom stereocenters. The van der Waals surface area contributed by atoms with Gasteiger partial charge in [-0.2, -0.15) is 0 Å². The van der Waals surface area contributed by atoms with Crippen molar-refractivity contribution in [3.63, 3.8) is 0 Å². The maximum atomic E-state index is 12.5. The summed E-state index contributed by atoms with van der Waals surface area (Å²) in [6.07, 6.45) is 2.79. The number of para-hydroxylation sites is 1. The monoisotopic (exact) mass is 259 g/mol. The third kappa shape index (κ3) is 3.59. The second kappa shape index (κ2) is 6.23. The van der Waals surface area contributed by atoms with Gasteiger partial charge in [0.05, 0.1) is 0 Å². The molecular weight excluding hydrogens is 234 g/mol. The van der Waals surface area contributed by atoms with Crippen molar-refractivity contribution in [2.45, 2.75) is 46.0 Å². The Bertz CT molecular complexity index is 439. The Hall–Kier alpha value is -1.31.